The molecule has 12 heteroatoms. The molecule has 36 heavy (non-hydrogen) atoms. The third-order valence-electron chi connectivity index (χ3n) is 5.26. The summed E-state index contributed by atoms with van der Waals surface area (Å²) in [5.41, 5.74) is 1.79. The fraction of sp³-hybridized carbons (Fsp3) is 0.583. The van der Waals surface area contributed by atoms with Crippen LogP contribution < -0.4 is 4.74 Å². The molecule has 3 aromatic heterocycles. The van der Waals surface area contributed by atoms with Crippen molar-refractivity contribution >= 4 is 25.1 Å². The molecule has 0 spiro atoms. The zero-order valence-corrected chi connectivity index (χ0v) is 22.9. The van der Waals surface area contributed by atoms with Crippen molar-refractivity contribution in [1.82, 2.24) is 24.3 Å². The molecule has 0 amide bonds. The Morgan fingerprint density at radius 1 is 1.08 bits per heavy atom. The van der Waals surface area contributed by atoms with E-state index in [2.05, 4.69) is 34.7 Å². The van der Waals surface area contributed by atoms with E-state index >= 15 is 0 Å². The number of carbonyl (C=O) groups excluding carboxylic acids is 1. The molecule has 3 rings (SSSR count). The number of esters is 1. The molecule has 0 aromatic carbocycles. The van der Waals surface area contributed by atoms with E-state index in [-0.39, 0.29) is 19.3 Å². The normalized spacial score (nSPS) is 11.8. The van der Waals surface area contributed by atoms with Gasteiger partial charge in [0.1, 0.15) is 5.52 Å². The van der Waals surface area contributed by atoms with E-state index in [0.717, 1.165) is 18.0 Å². The minimum atomic E-state index is -1.20. The number of ether oxygens (including phenoxy) is 5. The Hall–Kier alpha value is -2.80. The smallest absolute Gasteiger partial charge is 0.341 e. The molecular formula is C24H37N5O6Si. The van der Waals surface area contributed by atoms with Crippen LogP contribution in [-0.2, 0) is 25.5 Å². The molecule has 0 bridgehead atoms. The lowest BCUT2D eigenvalue weighted by molar-refractivity contribution is 0.0200. The number of fused-ring (bicyclic) bond motifs is 1. The van der Waals surface area contributed by atoms with E-state index in [1.54, 1.807) is 20.2 Å². The Morgan fingerprint density at radius 3 is 2.67 bits per heavy atom. The average Bonchev–Trinajstić information content (AvgIpc) is 3.48. The van der Waals surface area contributed by atoms with E-state index in [9.17, 15) is 4.79 Å². The number of carbonyl (C=O) groups is 1. The molecule has 0 atom stereocenters. The Labute approximate surface area is 212 Å². The summed E-state index contributed by atoms with van der Waals surface area (Å²) in [6.07, 6.45) is 5.73. The van der Waals surface area contributed by atoms with Gasteiger partial charge >= 0.3 is 5.97 Å². The fourth-order valence-corrected chi connectivity index (χ4v) is 4.07. The van der Waals surface area contributed by atoms with E-state index in [1.165, 1.54) is 10.9 Å². The second-order valence-electron chi connectivity index (χ2n) is 9.41. The Morgan fingerprint density at radius 2 is 1.92 bits per heavy atom. The van der Waals surface area contributed by atoms with E-state index < -0.39 is 14.0 Å². The number of nitrogens with zero attached hydrogens (tertiary/aromatic N) is 5. The third kappa shape index (κ3) is 8.12. The maximum Gasteiger partial charge on any atom is 0.341 e. The van der Waals surface area contributed by atoms with Crippen molar-refractivity contribution in [2.45, 2.75) is 45.6 Å². The monoisotopic (exact) mass is 519 g/mol. The van der Waals surface area contributed by atoms with Crippen LogP contribution in [-0.4, -0.2) is 85.3 Å². The van der Waals surface area contributed by atoms with Gasteiger partial charge in [0.05, 0.1) is 37.1 Å². The van der Waals surface area contributed by atoms with Crippen LogP contribution in [0.5, 0.6) is 5.88 Å². The summed E-state index contributed by atoms with van der Waals surface area (Å²) >= 11 is 0. The van der Waals surface area contributed by atoms with Crippen LogP contribution in [0.1, 0.15) is 23.7 Å². The zero-order valence-electron chi connectivity index (χ0n) is 21.9. The first kappa shape index (κ1) is 27.8. The quantitative estimate of drug-likeness (QED) is 0.121. The van der Waals surface area contributed by atoms with Crippen LogP contribution >= 0.6 is 0 Å². The summed E-state index contributed by atoms with van der Waals surface area (Å²) in [5.74, 6) is 0.230. The van der Waals surface area contributed by atoms with Crippen molar-refractivity contribution in [3.05, 3.63) is 30.2 Å². The van der Waals surface area contributed by atoms with Gasteiger partial charge in [-0.15, -0.1) is 0 Å². The predicted molar refractivity (Wildman–Crippen MR) is 138 cm³/mol. The molecule has 0 unspecified atom stereocenters. The van der Waals surface area contributed by atoms with Gasteiger partial charge < -0.3 is 28.3 Å². The average molecular weight is 520 g/mol. The summed E-state index contributed by atoms with van der Waals surface area (Å²) in [6, 6.07) is 2.95. The minimum Gasteiger partial charge on any atom is -0.462 e. The van der Waals surface area contributed by atoms with Gasteiger partial charge in [0.2, 0.25) is 5.88 Å². The molecule has 0 aliphatic carbocycles. The molecule has 0 aliphatic heterocycles. The van der Waals surface area contributed by atoms with E-state index in [1.807, 2.05) is 16.8 Å². The molecule has 11 nitrogen and oxygen atoms in total. The third-order valence-corrected chi connectivity index (χ3v) is 6.96. The first-order valence-corrected chi connectivity index (χ1v) is 15.9. The lowest BCUT2D eigenvalue weighted by Crippen LogP contribution is -2.22. The van der Waals surface area contributed by atoms with Crippen molar-refractivity contribution in [3.8, 4) is 11.8 Å². The fourth-order valence-electron chi connectivity index (χ4n) is 3.32. The SMILES string of the molecule is CCOC(=O)c1cnn(-c2nc(OCOCC[Si](C)(C)C)c3c(ccn3CCCOCCOC)n2)c1. The summed E-state index contributed by atoms with van der Waals surface area (Å²) in [4.78, 5) is 21.3. The molecule has 0 saturated heterocycles. The largest absolute Gasteiger partial charge is 0.462 e. The summed E-state index contributed by atoms with van der Waals surface area (Å²) in [5, 5.41) is 4.24. The molecule has 198 valence electrons. The van der Waals surface area contributed by atoms with Crippen LogP contribution in [0.4, 0.5) is 0 Å². The second-order valence-corrected chi connectivity index (χ2v) is 15.0. The van der Waals surface area contributed by atoms with Crippen molar-refractivity contribution in [2.24, 2.45) is 0 Å². The first-order valence-electron chi connectivity index (χ1n) is 12.2. The van der Waals surface area contributed by atoms with Gasteiger partial charge in [-0.1, -0.05) is 19.6 Å². The summed E-state index contributed by atoms with van der Waals surface area (Å²) in [7, 11) is 0.452. The van der Waals surface area contributed by atoms with Gasteiger partial charge in [0.25, 0.3) is 5.95 Å². The van der Waals surface area contributed by atoms with Gasteiger partial charge in [-0.2, -0.15) is 10.1 Å². The van der Waals surface area contributed by atoms with Crippen molar-refractivity contribution in [3.63, 3.8) is 0 Å². The van der Waals surface area contributed by atoms with Gasteiger partial charge in [-0.3, -0.25) is 0 Å². The molecular weight excluding hydrogens is 482 g/mol. The number of aromatic nitrogens is 5. The van der Waals surface area contributed by atoms with Crippen LogP contribution in [0.15, 0.2) is 24.7 Å². The second kappa shape index (κ2) is 13.5. The van der Waals surface area contributed by atoms with Crippen LogP contribution in [0.3, 0.4) is 0 Å². The lowest BCUT2D eigenvalue weighted by atomic mass is 10.4. The van der Waals surface area contributed by atoms with E-state index in [0.29, 0.717) is 49.9 Å². The standard InChI is InChI=1S/C24H37N5O6Si/c1-6-34-23(30)19-16-25-29(17-19)24-26-20-8-10-28(9-7-11-32-13-12-31-2)21(20)22(27-24)35-18-33-14-15-36(3,4)5/h8,10,16-17H,6-7,9,11-15,18H2,1-5H3. The molecule has 0 aliphatic rings. The molecule has 0 fully saturated rings. The number of methoxy groups -OCH3 is 1. The van der Waals surface area contributed by atoms with Gasteiger partial charge in [0, 0.05) is 47.3 Å². The van der Waals surface area contributed by atoms with Crippen molar-refractivity contribution in [2.75, 3.05) is 46.9 Å². The van der Waals surface area contributed by atoms with Gasteiger partial charge in [-0.05, 0) is 25.5 Å². The molecule has 3 aromatic rings. The van der Waals surface area contributed by atoms with Gasteiger partial charge in [-0.25, -0.2) is 14.5 Å². The topological polar surface area (TPSA) is 112 Å². The first-order chi connectivity index (χ1) is 17.3. The Kier molecular flexibility index (Phi) is 10.4. The Bertz CT molecular complexity index is 1110. The Balaban J connectivity index is 1.79. The summed E-state index contributed by atoms with van der Waals surface area (Å²) in [6.45, 7) is 12.1. The highest BCUT2D eigenvalue weighted by atomic mass is 28.3. The number of hydrogen-bond donors (Lipinski definition) is 0. The summed E-state index contributed by atoms with van der Waals surface area (Å²) < 4.78 is 30.9. The van der Waals surface area contributed by atoms with Crippen molar-refractivity contribution in [1.29, 1.82) is 0 Å². The number of aryl methyl sites for hydroxylation is 1. The zero-order chi connectivity index (χ0) is 26.0. The maximum absolute atomic E-state index is 12.1. The predicted octanol–water partition coefficient (Wildman–Crippen LogP) is 3.54. The lowest BCUT2D eigenvalue weighted by Gasteiger charge is -2.16. The van der Waals surface area contributed by atoms with Crippen molar-refractivity contribution < 1.29 is 28.5 Å². The van der Waals surface area contributed by atoms with Gasteiger partial charge in [0.15, 0.2) is 6.79 Å². The highest BCUT2D eigenvalue weighted by Crippen LogP contribution is 2.25. The number of rotatable bonds is 16. The molecule has 3 heterocycles. The maximum atomic E-state index is 12.1. The highest BCUT2D eigenvalue weighted by Gasteiger charge is 2.18. The molecule has 0 N–H and O–H groups in total. The number of hydrogen-bond acceptors (Lipinski definition) is 9. The van der Waals surface area contributed by atoms with Crippen LogP contribution in [0, 0.1) is 0 Å². The van der Waals surface area contributed by atoms with E-state index in [4.69, 9.17) is 23.7 Å². The molecule has 0 radical (unpaired) electrons. The van der Waals surface area contributed by atoms with Crippen LogP contribution in [0.25, 0.3) is 17.0 Å². The minimum absolute atomic E-state index is 0.0779. The molecule has 0 saturated carbocycles. The highest BCUT2D eigenvalue weighted by molar-refractivity contribution is 6.76. The van der Waals surface area contributed by atoms with Crippen LogP contribution in [0.2, 0.25) is 25.7 Å².